The molecule has 1 N–H and O–H groups in total. The summed E-state index contributed by atoms with van der Waals surface area (Å²) in [7, 11) is 1.58. The molecule has 4 nitrogen and oxygen atoms in total. The zero-order valence-electron chi connectivity index (χ0n) is 14.2. The number of thiophene rings is 1. The third-order valence-electron chi connectivity index (χ3n) is 3.75. The first kappa shape index (κ1) is 17.8. The lowest BCUT2D eigenvalue weighted by Crippen LogP contribution is -1.99. The molecule has 0 atom stereocenters. The normalized spacial score (nSPS) is 11.2. The Morgan fingerprint density at radius 3 is 2.54 bits per heavy atom. The minimum absolute atomic E-state index is 0.249. The molecular weight excluding hydrogens is 348 g/mol. The Balaban J connectivity index is 1.89. The molecule has 3 rings (SSSR count). The summed E-state index contributed by atoms with van der Waals surface area (Å²) in [6.45, 7) is 0.404. The van der Waals surface area contributed by atoms with Crippen molar-refractivity contribution in [3.05, 3.63) is 82.0 Å². The van der Waals surface area contributed by atoms with Gasteiger partial charge in [-0.15, -0.1) is 11.3 Å². The Morgan fingerprint density at radius 1 is 1.08 bits per heavy atom. The van der Waals surface area contributed by atoms with E-state index in [2.05, 4.69) is 0 Å². The lowest BCUT2D eigenvalue weighted by atomic mass is 10.1. The van der Waals surface area contributed by atoms with E-state index >= 15 is 0 Å². The molecule has 1 aromatic heterocycles. The summed E-state index contributed by atoms with van der Waals surface area (Å²) in [5.41, 5.74) is 2.03. The number of methoxy groups -OCH3 is 1. The van der Waals surface area contributed by atoms with Gasteiger partial charge in [0.05, 0.1) is 12.7 Å². The van der Waals surface area contributed by atoms with Crippen LogP contribution in [0.1, 0.15) is 16.0 Å². The standard InChI is InChI=1S/C21H18O4S/c1-24-18-10-9-16(12-17(21(22)23)20-8-5-11-26-20)13-19(18)25-14-15-6-3-2-4-7-15/h2-13H,14H2,1H3,(H,22,23)/b17-12-. The number of carbonyl (C=O) groups is 1. The molecule has 1 heterocycles. The average Bonchev–Trinajstić information content (AvgIpc) is 3.19. The fourth-order valence-electron chi connectivity index (χ4n) is 2.47. The van der Waals surface area contributed by atoms with Gasteiger partial charge in [-0.05, 0) is 40.8 Å². The van der Waals surface area contributed by atoms with Crippen LogP contribution in [0.5, 0.6) is 11.5 Å². The molecule has 0 aliphatic rings. The van der Waals surface area contributed by atoms with E-state index in [1.807, 2.05) is 47.8 Å². The second-order valence-electron chi connectivity index (χ2n) is 5.53. The van der Waals surface area contributed by atoms with Gasteiger partial charge >= 0.3 is 5.97 Å². The highest BCUT2D eigenvalue weighted by Crippen LogP contribution is 2.31. The van der Waals surface area contributed by atoms with Crippen LogP contribution >= 0.6 is 11.3 Å². The van der Waals surface area contributed by atoms with Gasteiger partial charge in [0.1, 0.15) is 6.61 Å². The SMILES string of the molecule is COc1ccc(/C=C(\C(=O)O)c2cccs2)cc1OCc1ccccc1. The van der Waals surface area contributed by atoms with Crippen molar-refractivity contribution in [2.75, 3.05) is 7.11 Å². The average molecular weight is 366 g/mol. The lowest BCUT2D eigenvalue weighted by molar-refractivity contribution is -0.130. The Kier molecular flexibility index (Phi) is 5.71. The predicted octanol–water partition coefficient (Wildman–Crippen LogP) is 4.96. The zero-order chi connectivity index (χ0) is 18.4. The van der Waals surface area contributed by atoms with E-state index in [0.29, 0.717) is 23.0 Å². The monoisotopic (exact) mass is 366 g/mol. The summed E-state index contributed by atoms with van der Waals surface area (Å²) >= 11 is 1.39. The van der Waals surface area contributed by atoms with Crippen LogP contribution in [-0.4, -0.2) is 18.2 Å². The summed E-state index contributed by atoms with van der Waals surface area (Å²) in [5, 5.41) is 11.4. The first-order valence-corrected chi connectivity index (χ1v) is 8.89. The number of hydrogen-bond donors (Lipinski definition) is 1. The van der Waals surface area contributed by atoms with E-state index in [9.17, 15) is 9.90 Å². The Morgan fingerprint density at radius 2 is 1.88 bits per heavy atom. The van der Waals surface area contributed by atoms with Crippen molar-refractivity contribution in [2.45, 2.75) is 6.61 Å². The molecule has 0 saturated carbocycles. The number of hydrogen-bond acceptors (Lipinski definition) is 4. The van der Waals surface area contributed by atoms with Crippen molar-refractivity contribution < 1.29 is 19.4 Å². The summed E-state index contributed by atoms with van der Waals surface area (Å²) in [6, 6.07) is 18.8. The highest BCUT2D eigenvalue weighted by atomic mass is 32.1. The van der Waals surface area contributed by atoms with E-state index in [4.69, 9.17) is 9.47 Å². The highest BCUT2D eigenvalue weighted by Gasteiger charge is 2.13. The first-order valence-electron chi connectivity index (χ1n) is 8.01. The molecule has 2 aromatic carbocycles. The van der Waals surface area contributed by atoms with Gasteiger partial charge in [0, 0.05) is 4.88 Å². The molecule has 5 heteroatoms. The van der Waals surface area contributed by atoms with Crippen molar-refractivity contribution in [2.24, 2.45) is 0 Å². The van der Waals surface area contributed by atoms with E-state index in [-0.39, 0.29) is 5.57 Å². The summed E-state index contributed by atoms with van der Waals surface area (Å²) in [6.07, 6.45) is 1.64. The van der Waals surface area contributed by atoms with E-state index < -0.39 is 5.97 Å². The van der Waals surface area contributed by atoms with Crippen molar-refractivity contribution in [1.82, 2.24) is 0 Å². The van der Waals surface area contributed by atoms with Gasteiger partial charge in [-0.25, -0.2) is 4.79 Å². The number of aliphatic carboxylic acids is 1. The van der Waals surface area contributed by atoms with Gasteiger partial charge in [-0.1, -0.05) is 42.5 Å². The molecule has 3 aromatic rings. The molecule has 0 amide bonds. The Labute approximate surface area is 156 Å². The van der Waals surface area contributed by atoms with Crippen molar-refractivity contribution in [3.63, 3.8) is 0 Å². The smallest absolute Gasteiger partial charge is 0.337 e. The van der Waals surface area contributed by atoms with Crippen LogP contribution in [0.4, 0.5) is 0 Å². The van der Waals surface area contributed by atoms with Crippen molar-refractivity contribution >= 4 is 29.0 Å². The quantitative estimate of drug-likeness (QED) is 0.601. The molecule has 132 valence electrons. The van der Waals surface area contributed by atoms with Gasteiger partial charge in [0.25, 0.3) is 0 Å². The fraction of sp³-hybridized carbons (Fsp3) is 0.0952. The molecule has 0 aliphatic carbocycles. The van der Waals surface area contributed by atoms with Crippen LogP contribution in [0.25, 0.3) is 11.6 Å². The molecule has 0 bridgehead atoms. The van der Waals surface area contributed by atoms with Gasteiger partial charge in [0.2, 0.25) is 0 Å². The van der Waals surface area contributed by atoms with Crippen LogP contribution in [0, 0.1) is 0 Å². The third kappa shape index (κ3) is 4.32. The van der Waals surface area contributed by atoms with Crippen LogP contribution in [0.3, 0.4) is 0 Å². The maximum Gasteiger partial charge on any atom is 0.337 e. The molecule has 26 heavy (non-hydrogen) atoms. The second kappa shape index (κ2) is 8.36. The van der Waals surface area contributed by atoms with Crippen LogP contribution < -0.4 is 9.47 Å². The molecule has 0 spiro atoms. The maximum absolute atomic E-state index is 11.6. The maximum atomic E-state index is 11.6. The topological polar surface area (TPSA) is 55.8 Å². The summed E-state index contributed by atoms with van der Waals surface area (Å²) < 4.78 is 11.2. The molecule has 0 unspecified atom stereocenters. The van der Waals surface area contributed by atoms with Crippen LogP contribution in [0.15, 0.2) is 66.0 Å². The van der Waals surface area contributed by atoms with Gasteiger partial charge in [0.15, 0.2) is 11.5 Å². The van der Waals surface area contributed by atoms with Gasteiger partial charge < -0.3 is 14.6 Å². The zero-order valence-corrected chi connectivity index (χ0v) is 15.0. The fourth-order valence-corrected chi connectivity index (χ4v) is 3.20. The second-order valence-corrected chi connectivity index (χ2v) is 6.47. The number of rotatable bonds is 7. The van der Waals surface area contributed by atoms with Crippen molar-refractivity contribution in [1.29, 1.82) is 0 Å². The Bertz CT molecular complexity index is 899. The number of benzene rings is 2. The van der Waals surface area contributed by atoms with E-state index in [1.165, 1.54) is 11.3 Å². The van der Waals surface area contributed by atoms with E-state index in [1.54, 1.807) is 31.4 Å². The first-order chi connectivity index (χ1) is 12.7. The summed E-state index contributed by atoms with van der Waals surface area (Å²) in [4.78, 5) is 12.3. The molecular formula is C21H18O4S. The van der Waals surface area contributed by atoms with E-state index in [0.717, 1.165) is 11.1 Å². The lowest BCUT2D eigenvalue weighted by Gasteiger charge is -2.12. The largest absolute Gasteiger partial charge is 0.493 e. The minimum atomic E-state index is -0.963. The number of carboxylic acids is 1. The number of ether oxygens (including phenoxy) is 2. The summed E-state index contributed by atoms with van der Waals surface area (Å²) in [5.74, 6) is 0.210. The van der Waals surface area contributed by atoms with Crippen LogP contribution in [-0.2, 0) is 11.4 Å². The molecule has 0 aliphatic heterocycles. The third-order valence-corrected chi connectivity index (χ3v) is 4.66. The van der Waals surface area contributed by atoms with Crippen LogP contribution in [0.2, 0.25) is 0 Å². The molecule has 0 fully saturated rings. The predicted molar refractivity (Wildman–Crippen MR) is 104 cm³/mol. The minimum Gasteiger partial charge on any atom is -0.493 e. The van der Waals surface area contributed by atoms with Crippen molar-refractivity contribution in [3.8, 4) is 11.5 Å². The highest BCUT2D eigenvalue weighted by molar-refractivity contribution is 7.11. The number of carboxylic acid groups (broad SMARTS) is 1. The van der Waals surface area contributed by atoms with Gasteiger partial charge in [-0.3, -0.25) is 0 Å². The Hall–Kier alpha value is -3.05. The molecule has 0 saturated heterocycles. The van der Waals surface area contributed by atoms with Gasteiger partial charge in [-0.2, -0.15) is 0 Å². The molecule has 0 radical (unpaired) electrons.